The summed E-state index contributed by atoms with van der Waals surface area (Å²) in [5.74, 6) is -1.71. The van der Waals surface area contributed by atoms with Crippen LogP contribution < -0.4 is 5.32 Å². The van der Waals surface area contributed by atoms with Gasteiger partial charge >= 0.3 is 5.97 Å². The molecule has 1 unspecified atom stereocenters. The topological polar surface area (TPSA) is 72.5 Å². The van der Waals surface area contributed by atoms with E-state index in [1.54, 1.807) is 20.8 Å². The van der Waals surface area contributed by atoms with Gasteiger partial charge in [0.05, 0.1) is 0 Å². The molecule has 0 heterocycles. The third-order valence-electron chi connectivity index (χ3n) is 1.92. The minimum atomic E-state index is -1.02. The summed E-state index contributed by atoms with van der Waals surface area (Å²) >= 11 is 0. The molecule has 0 saturated heterocycles. The molecule has 96 valence electrons. The number of hydrogen-bond donors (Lipinski definition) is 1. The molecule has 0 fully saturated rings. The Balaban J connectivity index is 4.39. The summed E-state index contributed by atoms with van der Waals surface area (Å²) in [7, 11) is 0. The Morgan fingerprint density at radius 3 is 2.06 bits per heavy atom. The lowest BCUT2D eigenvalue weighted by atomic mass is 9.95. The lowest BCUT2D eigenvalue weighted by Crippen LogP contribution is -2.44. The molecule has 0 bridgehead atoms. The Bertz CT molecular complexity index is 352. The van der Waals surface area contributed by atoms with Gasteiger partial charge in [-0.2, -0.15) is 0 Å². The van der Waals surface area contributed by atoms with Crippen LogP contribution in [0.3, 0.4) is 0 Å². The van der Waals surface area contributed by atoms with Crippen LogP contribution in [0.1, 0.15) is 34.6 Å². The van der Waals surface area contributed by atoms with Gasteiger partial charge in [0.1, 0.15) is 0 Å². The molecule has 0 spiro atoms. The first-order chi connectivity index (χ1) is 7.55. The largest absolute Gasteiger partial charge is 0.449 e. The van der Waals surface area contributed by atoms with Crippen molar-refractivity contribution in [2.45, 2.75) is 40.7 Å². The van der Waals surface area contributed by atoms with E-state index in [-0.39, 0.29) is 5.57 Å². The molecular formula is C12H19NO4. The SMILES string of the molecule is C=C(C)C(=O)OC(C)C(=O)NC(=O)C(C)(C)C. The summed E-state index contributed by atoms with van der Waals surface area (Å²) in [5, 5.41) is 2.18. The monoisotopic (exact) mass is 241 g/mol. The van der Waals surface area contributed by atoms with Crippen LogP contribution in [0, 0.1) is 5.41 Å². The number of hydrogen-bond acceptors (Lipinski definition) is 4. The molecule has 0 aliphatic carbocycles. The van der Waals surface area contributed by atoms with Crippen molar-refractivity contribution >= 4 is 17.8 Å². The molecular weight excluding hydrogens is 222 g/mol. The van der Waals surface area contributed by atoms with Crippen molar-refractivity contribution in [2.75, 3.05) is 0 Å². The number of rotatable bonds is 3. The Kier molecular flexibility index (Phi) is 5.07. The van der Waals surface area contributed by atoms with Crippen LogP contribution in [0.25, 0.3) is 0 Å². The predicted molar refractivity (Wildman–Crippen MR) is 63.0 cm³/mol. The van der Waals surface area contributed by atoms with Gasteiger partial charge in [0, 0.05) is 11.0 Å². The normalized spacial score (nSPS) is 12.5. The summed E-state index contributed by atoms with van der Waals surface area (Å²) in [4.78, 5) is 34.2. The molecule has 0 saturated carbocycles. The first kappa shape index (κ1) is 15.3. The quantitative estimate of drug-likeness (QED) is 0.595. The third kappa shape index (κ3) is 5.29. The summed E-state index contributed by atoms with van der Waals surface area (Å²) in [6.07, 6.45) is -1.02. The van der Waals surface area contributed by atoms with Gasteiger partial charge in [-0.25, -0.2) is 4.79 Å². The second kappa shape index (κ2) is 5.61. The molecule has 17 heavy (non-hydrogen) atoms. The van der Waals surface area contributed by atoms with Crippen molar-refractivity contribution in [3.8, 4) is 0 Å². The molecule has 5 heteroatoms. The van der Waals surface area contributed by atoms with E-state index in [2.05, 4.69) is 11.9 Å². The Morgan fingerprint density at radius 2 is 1.71 bits per heavy atom. The molecule has 0 aromatic rings. The van der Waals surface area contributed by atoms with Gasteiger partial charge in [0.2, 0.25) is 5.91 Å². The van der Waals surface area contributed by atoms with Crippen LogP contribution in [-0.2, 0) is 19.1 Å². The lowest BCUT2D eigenvalue weighted by Gasteiger charge is -2.19. The highest BCUT2D eigenvalue weighted by molar-refractivity contribution is 6.00. The molecule has 0 rings (SSSR count). The second-order valence-electron chi connectivity index (χ2n) is 4.90. The fourth-order valence-corrected chi connectivity index (χ4v) is 0.716. The number of amides is 2. The van der Waals surface area contributed by atoms with Crippen LogP contribution in [0.5, 0.6) is 0 Å². The van der Waals surface area contributed by atoms with Crippen molar-refractivity contribution in [3.63, 3.8) is 0 Å². The van der Waals surface area contributed by atoms with Crippen molar-refractivity contribution in [1.82, 2.24) is 5.32 Å². The standard InChI is InChI=1S/C12H19NO4/c1-7(2)10(15)17-8(3)9(14)13-11(16)12(4,5)6/h8H,1H2,2-6H3,(H,13,14,16). The van der Waals surface area contributed by atoms with Gasteiger partial charge in [-0.1, -0.05) is 27.4 Å². The number of carbonyl (C=O) groups excluding carboxylic acids is 3. The van der Waals surface area contributed by atoms with Crippen molar-refractivity contribution in [1.29, 1.82) is 0 Å². The Hall–Kier alpha value is -1.65. The molecule has 0 aliphatic heterocycles. The van der Waals surface area contributed by atoms with Gasteiger partial charge in [0.25, 0.3) is 5.91 Å². The zero-order chi connectivity index (χ0) is 13.8. The molecule has 0 aromatic heterocycles. The van der Waals surface area contributed by atoms with Crippen molar-refractivity contribution in [2.24, 2.45) is 5.41 Å². The zero-order valence-electron chi connectivity index (χ0n) is 10.9. The summed E-state index contributed by atoms with van der Waals surface area (Å²) in [6, 6.07) is 0. The Labute approximate surface area is 101 Å². The molecule has 1 atom stereocenters. The number of esters is 1. The minimum Gasteiger partial charge on any atom is -0.449 e. The fraction of sp³-hybridized carbons (Fsp3) is 0.583. The maximum Gasteiger partial charge on any atom is 0.333 e. The molecule has 0 radical (unpaired) electrons. The first-order valence-corrected chi connectivity index (χ1v) is 5.27. The number of nitrogens with one attached hydrogen (secondary N) is 1. The van der Waals surface area contributed by atoms with Gasteiger partial charge < -0.3 is 4.74 Å². The number of ether oxygens (including phenoxy) is 1. The summed E-state index contributed by atoms with van der Waals surface area (Å²) in [5.41, 5.74) is -0.472. The van der Waals surface area contributed by atoms with E-state index in [1.807, 2.05) is 0 Å². The van der Waals surface area contributed by atoms with Gasteiger partial charge in [-0.15, -0.1) is 0 Å². The van der Waals surface area contributed by atoms with Crippen LogP contribution in [0.2, 0.25) is 0 Å². The average molecular weight is 241 g/mol. The minimum absolute atomic E-state index is 0.201. The third-order valence-corrected chi connectivity index (χ3v) is 1.92. The van der Waals surface area contributed by atoms with E-state index >= 15 is 0 Å². The van der Waals surface area contributed by atoms with Gasteiger partial charge in [-0.3, -0.25) is 14.9 Å². The Morgan fingerprint density at radius 1 is 1.24 bits per heavy atom. The highest BCUT2D eigenvalue weighted by atomic mass is 16.5. The number of imide groups is 1. The molecule has 0 aliphatic rings. The van der Waals surface area contributed by atoms with E-state index in [0.717, 1.165) is 0 Å². The van der Waals surface area contributed by atoms with Gasteiger partial charge in [0.15, 0.2) is 6.10 Å². The van der Waals surface area contributed by atoms with E-state index in [1.165, 1.54) is 13.8 Å². The van der Waals surface area contributed by atoms with Crippen LogP contribution in [0.4, 0.5) is 0 Å². The molecule has 1 N–H and O–H groups in total. The number of carbonyl (C=O) groups is 3. The second-order valence-corrected chi connectivity index (χ2v) is 4.90. The highest BCUT2D eigenvalue weighted by Crippen LogP contribution is 2.12. The van der Waals surface area contributed by atoms with Crippen LogP contribution in [-0.4, -0.2) is 23.9 Å². The summed E-state index contributed by atoms with van der Waals surface area (Å²) < 4.78 is 4.78. The predicted octanol–water partition coefficient (Wildman–Crippen LogP) is 1.18. The van der Waals surface area contributed by atoms with Crippen LogP contribution in [0.15, 0.2) is 12.2 Å². The summed E-state index contributed by atoms with van der Waals surface area (Å²) in [6.45, 7) is 11.3. The molecule has 5 nitrogen and oxygen atoms in total. The van der Waals surface area contributed by atoms with Crippen LogP contribution >= 0.6 is 0 Å². The van der Waals surface area contributed by atoms with Gasteiger partial charge in [-0.05, 0) is 13.8 Å². The van der Waals surface area contributed by atoms with Crippen molar-refractivity contribution in [3.05, 3.63) is 12.2 Å². The molecule has 2 amide bonds. The first-order valence-electron chi connectivity index (χ1n) is 5.27. The van der Waals surface area contributed by atoms with E-state index < -0.39 is 29.3 Å². The zero-order valence-corrected chi connectivity index (χ0v) is 10.9. The smallest absolute Gasteiger partial charge is 0.333 e. The van der Waals surface area contributed by atoms with E-state index in [4.69, 9.17) is 4.74 Å². The highest BCUT2D eigenvalue weighted by Gasteiger charge is 2.26. The molecule has 0 aromatic carbocycles. The van der Waals surface area contributed by atoms with E-state index in [9.17, 15) is 14.4 Å². The maximum absolute atomic E-state index is 11.5. The lowest BCUT2D eigenvalue weighted by molar-refractivity contribution is -0.153. The average Bonchev–Trinajstić information content (AvgIpc) is 2.15. The fourth-order valence-electron chi connectivity index (χ4n) is 0.716. The van der Waals surface area contributed by atoms with Crippen molar-refractivity contribution < 1.29 is 19.1 Å². The maximum atomic E-state index is 11.5. The van der Waals surface area contributed by atoms with E-state index in [0.29, 0.717) is 0 Å².